The van der Waals surface area contributed by atoms with Gasteiger partial charge in [-0.2, -0.15) is 5.10 Å². The van der Waals surface area contributed by atoms with Crippen molar-refractivity contribution in [3.8, 4) is 0 Å². The van der Waals surface area contributed by atoms with Crippen LogP contribution in [0.4, 0.5) is 5.69 Å². The third-order valence-electron chi connectivity index (χ3n) is 5.67. The average molecular weight is 399 g/mol. The zero-order valence-electron chi connectivity index (χ0n) is 17.0. The molecule has 1 fully saturated rings. The number of rotatable bonds is 6. The Morgan fingerprint density at radius 1 is 1.00 bits per heavy atom. The Labute approximate surface area is 176 Å². The van der Waals surface area contributed by atoms with E-state index in [1.165, 1.54) is 5.56 Å². The van der Waals surface area contributed by atoms with Crippen LogP contribution in [0.3, 0.4) is 0 Å². The Hall–Kier alpha value is -3.25. The van der Waals surface area contributed by atoms with Gasteiger partial charge >= 0.3 is 0 Å². The van der Waals surface area contributed by atoms with E-state index in [-0.39, 0.29) is 0 Å². The van der Waals surface area contributed by atoms with Crippen LogP contribution in [0.2, 0.25) is 0 Å². The monoisotopic (exact) mass is 398 g/mol. The van der Waals surface area contributed by atoms with Crippen molar-refractivity contribution in [2.24, 2.45) is 0 Å². The molecular formula is C24H26N6. The second kappa shape index (κ2) is 8.63. The number of pyridine rings is 2. The molecule has 0 amide bonds. The quantitative estimate of drug-likeness (QED) is 0.530. The lowest BCUT2D eigenvalue weighted by Gasteiger charge is -2.31. The van der Waals surface area contributed by atoms with Gasteiger partial charge in [0, 0.05) is 31.7 Å². The number of benzene rings is 1. The highest BCUT2D eigenvalue weighted by molar-refractivity contribution is 5.49. The maximum Gasteiger partial charge on any atom is 0.156 e. The molecule has 152 valence electrons. The minimum Gasteiger partial charge on any atom is -0.380 e. The molecule has 1 atom stereocenters. The summed E-state index contributed by atoms with van der Waals surface area (Å²) < 4.78 is 1.90. The van der Waals surface area contributed by atoms with Crippen LogP contribution in [0.1, 0.15) is 35.8 Å². The van der Waals surface area contributed by atoms with E-state index >= 15 is 0 Å². The highest BCUT2D eigenvalue weighted by Crippen LogP contribution is 2.26. The summed E-state index contributed by atoms with van der Waals surface area (Å²) in [6.07, 6.45) is 6.19. The van der Waals surface area contributed by atoms with Crippen LogP contribution < -0.4 is 5.32 Å². The number of hydrogen-bond donors (Lipinski definition) is 1. The van der Waals surface area contributed by atoms with Crippen LogP contribution in [0.15, 0.2) is 73.1 Å². The number of fused-ring (bicyclic) bond motifs is 1. The first-order valence-corrected chi connectivity index (χ1v) is 10.6. The molecule has 0 spiro atoms. The third kappa shape index (κ3) is 4.33. The highest BCUT2D eigenvalue weighted by Gasteiger charge is 2.25. The van der Waals surface area contributed by atoms with Crippen LogP contribution in [0, 0.1) is 0 Å². The van der Waals surface area contributed by atoms with Crippen LogP contribution in [-0.2, 0) is 13.1 Å². The molecule has 1 N–H and O–H groups in total. The summed E-state index contributed by atoms with van der Waals surface area (Å²) in [5, 5.41) is 8.29. The fraction of sp³-hybridized carbons (Fsp3) is 0.292. The van der Waals surface area contributed by atoms with Crippen molar-refractivity contribution in [2.75, 3.05) is 18.4 Å². The number of nitrogens with one attached hydrogen (secondary N) is 1. The second-order valence-corrected chi connectivity index (χ2v) is 7.93. The average Bonchev–Trinajstić information content (AvgIpc) is 3.23. The standard InChI is InChI=1S/C24H26N6/c1-2-7-19(8-3-1)15-26-22-11-12-23-27-24(28-30(23)18-22)20-9-6-14-29(16-20)17-21-10-4-5-13-25-21/h1-5,7-8,10-13,18,20,26H,6,9,14-17H2/t20-/m1/s1. The third-order valence-corrected chi connectivity index (χ3v) is 5.67. The first-order chi connectivity index (χ1) is 14.8. The maximum atomic E-state index is 4.82. The molecule has 4 heterocycles. The molecule has 0 bridgehead atoms. The fourth-order valence-corrected chi connectivity index (χ4v) is 4.11. The molecule has 0 radical (unpaired) electrons. The van der Waals surface area contributed by atoms with Crippen molar-refractivity contribution >= 4 is 11.3 Å². The van der Waals surface area contributed by atoms with E-state index < -0.39 is 0 Å². The molecule has 6 heteroatoms. The molecule has 30 heavy (non-hydrogen) atoms. The predicted octanol–water partition coefficient (Wildman–Crippen LogP) is 4.12. The summed E-state index contributed by atoms with van der Waals surface area (Å²) in [6.45, 7) is 3.76. The largest absolute Gasteiger partial charge is 0.380 e. The van der Waals surface area contributed by atoms with Gasteiger partial charge < -0.3 is 5.32 Å². The van der Waals surface area contributed by atoms with E-state index in [0.29, 0.717) is 5.92 Å². The SMILES string of the molecule is c1ccc(CNc2ccc3nc([C@@H]4CCCN(Cc5ccccn5)C4)nn3c2)cc1. The van der Waals surface area contributed by atoms with Crippen molar-refractivity contribution in [1.29, 1.82) is 0 Å². The molecule has 0 saturated carbocycles. The van der Waals surface area contributed by atoms with Gasteiger partial charge in [-0.1, -0.05) is 36.4 Å². The lowest BCUT2D eigenvalue weighted by molar-refractivity contribution is 0.194. The zero-order valence-corrected chi connectivity index (χ0v) is 17.0. The number of piperidine rings is 1. The summed E-state index contributed by atoms with van der Waals surface area (Å²) in [5.41, 5.74) is 4.32. The van der Waals surface area contributed by atoms with Crippen LogP contribution in [0.5, 0.6) is 0 Å². The van der Waals surface area contributed by atoms with E-state index in [1.807, 2.05) is 35.1 Å². The number of nitrogens with zero attached hydrogens (tertiary/aromatic N) is 5. The summed E-state index contributed by atoms with van der Waals surface area (Å²) in [6, 6.07) is 20.6. The Morgan fingerprint density at radius 3 is 2.77 bits per heavy atom. The fourth-order valence-electron chi connectivity index (χ4n) is 4.11. The van der Waals surface area contributed by atoms with Gasteiger partial charge in [-0.05, 0) is 49.2 Å². The minimum absolute atomic E-state index is 0.364. The molecule has 0 aliphatic carbocycles. The summed E-state index contributed by atoms with van der Waals surface area (Å²) >= 11 is 0. The highest BCUT2D eigenvalue weighted by atomic mass is 15.3. The van der Waals surface area contributed by atoms with E-state index in [2.05, 4.69) is 57.7 Å². The Morgan fingerprint density at radius 2 is 1.90 bits per heavy atom. The van der Waals surface area contributed by atoms with Crippen molar-refractivity contribution < 1.29 is 0 Å². The zero-order chi connectivity index (χ0) is 20.2. The van der Waals surface area contributed by atoms with Gasteiger partial charge in [0.15, 0.2) is 11.5 Å². The van der Waals surface area contributed by atoms with Gasteiger partial charge in [-0.15, -0.1) is 0 Å². The molecular weight excluding hydrogens is 372 g/mol. The predicted molar refractivity (Wildman–Crippen MR) is 118 cm³/mol. The number of hydrogen-bond acceptors (Lipinski definition) is 5. The molecule has 1 aliphatic heterocycles. The molecule has 4 aromatic rings. The number of anilines is 1. The summed E-state index contributed by atoms with van der Waals surface area (Å²) in [7, 11) is 0. The number of aromatic nitrogens is 4. The maximum absolute atomic E-state index is 4.82. The van der Waals surface area contributed by atoms with Crippen molar-refractivity contribution in [3.63, 3.8) is 0 Å². The normalized spacial score (nSPS) is 17.3. The van der Waals surface area contributed by atoms with Gasteiger partial charge in [0.25, 0.3) is 0 Å². The van der Waals surface area contributed by atoms with E-state index in [0.717, 1.165) is 61.9 Å². The Balaban J connectivity index is 1.27. The van der Waals surface area contributed by atoms with Gasteiger partial charge in [0.2, 0.25) is 0 Å². The van der Waals surface area contributed by atoms with Gasteiger partial charge in [0.05, 0.1) is 17.6 Å². The van der Waals surface area contributed by atoms with Gasteiger partial charge in [0.1, 0.15) is 0 Å². The molecule has 1 saturated heterocycles. The van der Waals surface area contributed by atoms with Crippen LogP contribution in [0.25, 0.3) is 5.65 Å². The first kappa shape index (κ1) is 18.8. The molecule has 6 nitrogen and oxygen atoms in total. The Bertz CT molecular complexity index is 1090. The van der Waals surface area contributed by atoms with E-state index in [9.17, 15) is 0 Å². The van der Waals surface area contributed by atoms with Crippen molar-refractivity contribution in [3.05, 3.63) is 90.1 Å². The molecule has 3 aromatic heterocycles. The lowest BCUT2D eigenvalue weighted by atomic mass is 9.97. The first-order valence-electron chi connectivity index (χ1n) is 10.6. The molecule has 5 rings (SSSR count). The van der Waals surface area contributed by atoms with Crippen LogP contribution in [-0.4, -0.2) is 37.6 Å². The lowest BCUT2D eigenvalue weighted by Crippen LogP contribution is -2.34. The second-order valence-electron chi connectivity index (χ2n) is 7.93. The molecule has 1 aromatic carbocycles. The van der Waals surface area contributed by atoms with Gasteiger partial charge in [-0.3, -0.25) is 9.88 Å². The van der Waals surface area contributed by atoms with E-state index in [4.69, 9.17) is 10.1 Å². The number of likely N-dealkylation sites (tertiary alicyclic amines) is 1. The molecule has 1 aliphatic rings. The Kier molecular flexibility index (Phi) is 5.40. The summed E-state index contributed by atoms with van der Waals surface area (Å²) in [5.74, 6) is 1.31. The topological polar surface area (TPSA) is 58.4 Å². The van der Waals surface area contributed by atoms with Crippen LogP contribution >= 0.6 is 0 Å². The van der Waals surface area contributed by atoms with Gasteiger partial charge in [-0.25, -0.2) is 9.50 Å². The van der Waals surface area contributed by atoms with E-state index in [1.54, 1.807) is 0 Å². The summed E-state index contributed by atoms with van der Waals surface area (Å²) in [4.78, 5) is 11.8. The smallest absolute Gasteiger partial charge is 0.156 e. The minimum atomic E-state index is 0.364. The van der Waals surface area contributed by atoms with Crippen molar-refractivity contribution in [1.82, 2.24) is 24.5 Å². The molecule has 0 unspecified atom stereocenters. The van der Waals surface area contributed by atoms with Crippen molar-refractivity contribution in [2.45, 2.75) is 31.8 Å².